The summed E-state index contributed by atoms with van der Waals surface area (Å²) in [4.78, 5) is 11.2. The molecule has 0 amide bonds. The maximum Gasteiger partial charge on any atom is 0.147 e. The molecule has 2 rings (SSSR count). The molecule has 0 aromatic carbocycles. The molecule has 0 bridgehead atoms. The summed E-state index contributed by atoms with van der Waals surface area (Å²) in [5, 5.41) is 3.45. The number of hydrogen-bond donors (Lipinski definition) is 1. The summed E-state index contributed by atoms with van der Waals surface area (Å²) < 4.78 is 0. The molecule has 4 nitrogen and oxygen atoms in total. The van der Waals surface area contributed by atoms with E-state index < -0.39 is 0 Å². The van der Waals surface area contributed by atoms with Crippen LogP contribution in [0.4, 0.5) is 5.82 Å². The third-order valence-corrected chi connectivity index (χ3v) is 3.62. The smallest absolute Gasteiger partial charge is 0.147 e. The van der Waals surface area contributed by atoms with Crippen molar-refractivity contribution in [3.8, 4) is 0 Å². The van der Waals surface area contributed by atoms with Gasteiger partial charge in [-0.25, -0.2) is 4.98 Å². The molecule has 1 aliphatic carbocycles. The van der Waals surface area contributed by atoms with Crippen LogP contribution in [0.3, 0.4) is 0 Å². The Morgan fingerprint density at radius 3 is 2.63 bits per heavy atom. The van der Waals surface area contributed by atoms with Gasteiger partial charge in [-0.15, -0.1) is 0 Å². The predicted octanol–water partition coefficient (Wildman–Crippen LogP) is 2.60. The fourth-order valence-electron chi connectivity index (χ4n) is 2.18. The van der Waals surface area contributed by atoms with Crippen LogP contribution in [0.5, 0.6) is 0 Å². The van der Waals surface area contributed by atoms with E-state index in [-0.39, 0.29) is 5.54 Å². The number of anilines is 1. The first-order chi connectivity index (χ1) is 8.94. The second-order valence-electron chi connectivity index (χ2n) is 6.65. The molecule has 1 aliphatic rings. The van der Waals surface area contributed by atoms with Crippen LogP contribution in [-0.4, -0.2) is 29.1 Å². The third kappa shape index (κ3) is 4.46. The summed E-state index contributed by atoms with van der Waals surface area (Å²) >= 11 is 0. The first-order valence-corrected chi connectivity index (χ1v) is 7.21. The lowest BCUT2D eigenvalue weighted by atomic mass is 9.85. The van der Waals surface area contributed by atoms with Crippen LogP contribution in [0, 0.1) is 5.92 Å². The highest BCUT2D eigenvalue weighted by Gasteiger charge is 2.20. The number of rotatable bonds is 5. The molecule has 1 fully saturated rings. The molecule has 0 spiro atoms. The van der Waals surface area contributed by atoms with Gasteiger partial charge in [-0.2, -0.15) is 0 Å². The van der Waals surface area contributed by atoms with Crippen LogP contribution in [0.1, 0.15) is 45.7 Å². The zero-order chi connectivity index (χ0) is 13.9. The Kier molecular flexibility index (Phi) is 4.40. The van der Waals surface area contributed by atoms with Gasteiger partial charge in [0.25, 0.3) is 0 Å². The topological polar surface area (TPSA) is 41.1 Å². The monoisotopic (exact) mass is 262 g/mol. The highest BCUT2D eigenvalue weighted by Crippen LogP contribution is 2.27. The van der Waals surface area contributed by atoms with Crippen molar-refractivity contribution in [3.63, 3.8) is 0 Å². The van der Waals surface area contributed by atoms with E-state index in [0.717, 1.165) is 30.5 Å². The van der Waals surface area contributed by atoms with E-state index in [1.807, 2.05) is 12.4 Å². The lowest BCUT2D eigenvalue weighted by Gasteiger charge is -2.30. The first-order valence-electron chi connectivity index (χ1n) is 7.21. The van der Waals surface area contributed by atoms with Crippen molar-refractivity contribution in [2.45, 2.75) is 52.1 Å². The van der Waals surface area contributed by atoms with Crippen molar-refractivity contribution >= 4 is 5.82 Å². The van der Waals surface area contributed by atoms with Gasteiger partial charge in [0.1, 0.15) is 5.82 Å². The quantitative estimate of drug-likeness (QED) is 0.885. The van der Waals surface area contributed by atoms with Crippen LogP contribution >= 0.6 is 0 Å². The van der Waals surface area contributed by atoms with Crippen LogP contribution in [0.2, 0.25) is 0 Å². The normalized spacial score (nSPS) is 16.2. The standard InChI is InChI=1S/C15H26N4/c1-15(2,3)17-9-13-8-16-10-14(18-13)19(4)11-12-6-5-7-12/h8,10,12,17H,5-7,9,11H2,1-4H3. The second kappa shape index (κ2) is 5.87. The Bertz CT molecular complexity index is 407. The fourth-order valence-corrected chi connectivity index (χ4v) is 2.18. The molecule has 0 atom stereocenters. The molecule has 0 radical (unpaired) electrons. The molecule has 106 valence electrons. The highest BCUT2D eigenvalue weighted by molar-refractivity contribution is 5.35. The van der Waals surface area contributed by atoms with Crippen LogP contribution in [0.15, 0.2) is 12.4 Å². The number of nitrogens with zero attached hydrogens (tertiary/aromatic N) is 3. The van der Waals surface area contributed by atoms with Crippen molar-refractivity contribution in [2.75, 3.05) is 18.5 Å². The lowest BCUT2D eigenvalue weighted by molar-refractivity contribution is 0.321. The molecule has 1 aromatic rings. The van der Waals surface area contributed by atoms with Crippen LogP contribution in [0.25, 0.3) is 0 Å². The number of hydrogen-bond acceptors (Lipinski definition) is 4. The molecule has 1 saturated carbocycles. The van der Waals surface area contributed by atoms with Crippen molar-refractivity contribution in [1.82, 2.24) is 15.3 Å². The summed E-state index contributed by atoms with van der Waals surface area (Å²) in [5.74, 6) is 1.84. The summed E-state index contributed by atoms with van der Waals surface area (Å²) in [7, 11) is 2.11. The zero-order valence-corrected chi connectivity index (χ0v) is 12.6. The molecular weight excluding hydrogens is 236 g/mol. The molecule has 1 aromatic heterocycles. The van der Waals surface area contributed by atoms with E-state index in [1.165, 1.54) is 19.3 Å². The maximum atomic E-state index is 4.69. The molecule has 0 unspecified atom stereocenters. The van der Waals surface area contributed by atoms with Gasteiger partial charge < -0.3 is 10.2 Å². The molecule has 1 N–H and O–H groups in total. The minimum absolute atomic E-state index is 0.107. The van der Waals surface area contributed by atoms with Gasteiger partial charge in [0, 0.05) is 31.9 Å². The van der Waals surface area contributed by atoms with Gasteiger partial charge in [0.15, 0.2) is 0 Å². The largest absolute Gasteiger partial charge is 0.358 e. The minimum Gasteiger partial charge on any atom is -0.358 e. The van der Waals surface area contributed by atoms with E-state index in [1.54, 1.807) is 0 Å². The van der Waals surface area contributed by atoms with E-state index >= 15 is 0 Å². The molecule has 19 heavy (non-hydrogen) atoms. The highest BCUT2D eigenvalue weighted by atomic mass is 15.2. The maximum absolute atomic E-state index is 4.69. The summed E-state index contributed by atoms with van der Waals surface area (Å²) in [5.41, 5.74) is 1.11. The van der Waals surface area contributed by atoms with Gasteiger partial charge in [0.2, 0.25) is 0 Å². The fraction of sp³-hybridized carbons (Fsp3) is 0.733. The Labute approximate surface area is 116 Å². The lowest BCUT2D eigenvalue weighted by Crippen LogP contribution is -2.35. The molecular formula is C15H26N4. The van der Waals surface area contributed by atoms with Crippen molar-refractivity contribution < 1.29 is 0 Å². The summed E-state index contributed by atoms with van der Waals surface area (Å²) in [6.07, 6.45) is 7.82. The summed E-state index contributed by atoms with van der Waals surface area (Å²) in [6, 6.07) is 0. The van der Waals surface area contributed by atoms with Crippen molar-refractivity contribution in [3.05, 3.63) is 18.1 Å². The third-order valence-electron chi connectivity index (χ3n) is 3.62. The zero-order valence-electron chi connectivity index (χ0n) is 12.6. The second-order valence-corrected chi connectivity index (χ2v) is 6.65. The Hall–Kier alpha value is -1.16. The van der Waals surface area contributed by atoms with Crippen LogP contribution < -0.4 is 10.2 Å². The van der Waals surface area contributed by atoms with E-state index in [9.17, 15) is 0 Å². The summed E-state index contributed by atoms with van der Waals surface area (Å²) in [6.45, 7) is 8.35. The minimum atomic E-state index is 0.107. The number of nitrogens with one attached hydrogen (secondary N) is 1. The van der Waals surface area contributed by atoms with Crippen LogP contribution in [-0.2, 0) is 6.54 Å². The average Bonchev–Trinajstić information content (AvgIpc) is 2.30. The van der Waals surface area contributed by atoms with Crippen molar-refractivity contribution in [1.29, 1.82) is 0 Å². The van der Waals surface area contributed by atoms with E-state index in [4.69, 9.17) is 0 Å². The Balaban J connectivity index is 1.93. The van der Waals surface area contributed by atoms with Gasteiger partial charge in [-0.3, -0.25) is 4.98 Å². The molecule has 4 heteroatoms. The van der Waals surface area contributed by atoms with Gasteiger partial charge in [-0.1, -0.05) is 6.42 Å². The first kappa shape index (κ1) is 14.3. The van der Waals surface area contributed by atoms with E-state index in [0.29, 0.717) is 0 Å². The predicted molar refractivity (Wildman–Crippen MR) is 79.2 cm³/mol. The van der Waals surface area contributed by atoms with Gasteiger partial charge in [-0.05, 0) is 39.5 Å². The van der Waals surface area contributed by atoms with Crippen molar-refractivity contribution in [2.24, 2.45) is 5.92 Å². The average molecular weight is 262 g/mol. The molecule has 0 saturated heterocycles. The SMILES string of the molecule is CN(CC1CCC1)c1cncc(CNC(C)(C)C)n1. The van der Waals surface area contributed by atoms with E-state index in [2.05, 4.69) is 48.0 Å². The molecule has 1 heterocycles. The Morgan fingerprint density at radius 1 is 1.32 bits per heavy atom. The van der Waals surface area contributed by atoms with Gasteiger partial charge >= 0.3 is 0 Å². The Morgan fingerprint density at radius 2 is 2.05 bits per heavy atom. The molecule has 0 aliphatic heterocycles. The van der Waals surface area contributed by atoms with Gasteiger partial charge in [0.05, 0.1) is 11.9 Å². The number of aromatic nitrogens is 2.